The molecule has 3 heteroatoms. The molecule has 0 aliphatic carbocycles. The molecule has 0 atom stereocenters. The summed E-state index contributed by atoms with van der Waals surface area (Å²) in [6.07, 6.45) is 4.94. The quantitative estimate of drug-likeness (QED) is 0.607. The maximum Gasteiger partial charge on any atom is 0.121 e. The topological polar surface area (TPSA) is 60.7 Å². The van der Waals surface area contributed by atoms with Gasteiger partial charge in [-0.15, -0.1) is 0 Å². The first-order valence-electron chi connectivity index (χ1n) is 6.31. The number of para-hydroxylation sites is 1. The predicted octanol–water partition coefficient (Wildman–Crippen LogP) is 2.02. The Morgan fingerprint density at radius 1 is 0.765 bits per heavy atom. The molecule has 1 aromatic rings. The highest BCUT2D eigenvalue weighted by Crippen LogP contribution is 2.25. The SMILES string of the molecule is OCCCCc1cccc(CCCCO)c1O. The third-order valence-corrected chi connectivity index (χ3v) is 2.91. The van der Waals surface area contributed by atoms with Crippen LogP contribution in [0.4, 0.5) is 0 Å². The van der Waals surface area contributed by atoms with Crippen LogP contribution in [-0.2, 0) is 12.8 Å². The molecule has 0 spiro atoms. The molecule has 3 nitrogen and oxygen atoms in total. The lowest BCUT2D eigenvalue weighted by atomic mass is 10.0. The number of hydrogen-bond donors (Lipinski definition) is 3. The summed E-state index contributed by atoms with van der Waals surface area (Å²) in [6.45, 7) is 0.411. The van der Waals surface area contributed by atoms with Crippen LogP contribution in [0.5, 0.6) is 5.75 Å². The maximum absolute atomic E-state index is 10.1. The van der Waals surface area contributed by atoms with Crippen LogP contribution >= 0.6 is 0 Å². The lowest BCUT2D eigenvalue weighted by Gasteiger charge is -2.09. The molecule has 1 rings (SSSR count). The zero-order valence-corrected chi connectivity index (χ0v) is 10.2. The van der Waals surface area contributed by atoms with Crippen LogP contribution in [0.3, 0.4) is 0 Å². The summed E-state index contributed by atoms with van der Waals surface area (Å²) < 4.78 is 0. The van der Waals surface area contributed by atoms with E-state index in [9.17, 15) is 5.11 Å². The van der Waals surface area contributed by atoms with Crippen molar-refractivity contribution in [2.24, 2.45) is 0 Å². The second-order valence-corrected chi connectivity index (χ2v) is 4.29. The summed E-state index contributed by atoms with van der Waals surface area (Å²) in [5, 5.41) is 27.5. The van der Waals surface area contributed by atoms with E-state index in [1.54, 1.807) is 0 Å². The number of phenols is 1. The maximum atomic E-state index is 10.1. The molecule has 0 heterocycles. The Hall–Kier alpha value is -1.06. The minimum Gasteiger partial charge on any atom is -0.507 e. The molecule has 0 bridgehead atoms. The summed E-state index contributed by atoms with van der Waals surface area (Å²) in [5.74, 6) is 0.392. The van der Waals surface area contributed by atoms with Crippen molar-refractivity contribution < 1.29 is 15.3 Å². The van der Waals surface area contributed by atoms with Gasteiger partial charge in [0, 0.05) is 13.2 Å². The van der Waals surface area contributed by atoms with Gasteiger partial charge in [-0.3, -0.25) is 0 Å². The highest BCUT2D eigenvalue weighted by molar-refractivity contribution is 5.40. The van der Waals surface area contributed by atoms with Gasteiger partial charge in [0.25, 0.3) is 0 Å². The molecule has 1 aromatic carbocycles. The van der Waals surface area contributed by atoms with Crippen molar-refractivity contribution >= 4 is 0 Å². The second-order valence-electron chi connectivity index (χ2n) is 4.29. The molecule has 0 fully saturated rings. The summed E-state index contributed by atoms with van der Waals surface area (Å²) >= 11 is 0. The van der Waals surface area contributed by atoms with Crippen LogP contribution in [0, 0.1) is 0 Å². The fourth-order valence-corrected chi connectivity index (χ4v) is 1.90. The van der Waals surface area contributed by atoms with Gasteiger partial charge in [0.05, 0.1) is 0 Å². The zero-order chi connectivity index (χ0) is 12.5. The minimum atomic E-state index is 0.205. The Morgan fingerprint density at radius 3 is 1.65 bits per heavy atom. The van der Waals surface area contributed by atoms with Gasteiger partial charge in [0.1, 0.15) is 5.75 Å². The lowest BCUT2D eigenvalue weighted by Crippen LogP contribution is -1.94. The molecule has 0 amide bonds. The van der Waals surface area contributed by atoms with Crippen LogP contribution < -0.4 is 0 Å². The van der Waals surface area contributed by atoms with E-state index in [-0.39, 0.29) is 13.2 Å². The van der Waals surface area contributed by atoms with Crippen molar-refractivity contribution in [2.45, 2.75) is 38.5 Å². The van der Waals surface area contributed by atoms with Crippen molar-refractivity contribution in [1.82, 2.24) is 0 Å². The van der Waals surface area contributed by atoms with Gasteiger partial charge in [0.2, 0.25) is 0 Å². The molecule has 96 valence electrons. The van der Waals surface area contributed by atoms with E-state index in [0.717, 1.165) is 49.7 Å². The molecule has 0 aromatic heterocycles. The molecular formula is C14H22O3. The average molecular weight is 238 g/mol. The first-order valence-corrected chi connectivity index (χ1v) is 6.31. The van der Waals surface area contributed by atoms with E-state index in [4.69, 9.17) is 10.2 Å². The largest absolute Gasteiger partial charge is 0.507 e. The summed E-state index contributed by atoms with van der Waals surface area (Å²) in [4.78, 5) is 0. The van der Waals surface area contributed by atoms with E-state index < -0.39 is 0 Å². The number of aliphatic hydroxyl groups excluding tert-OH is 2. The van der Waals surface area contributed by atoms with Crippen LogP contribution in [0.15, 0.2) is 18.2 Å². The highest BCUT2D eigenvalue weighted by atomic mass is 16.3. The molecule has 3 N–H and O–H groups in total. The van der Waals surface area contributed by atoms with E-state index in [1.165, 1.54) is 0 Å². The van der Waals surface area contributed by atoms with Crippen LogP contribution in [0.1, 0.15) is 36.8 Å². The number of phenolic OH excluding ortho intramolecular Hbond substituents is 1. The standard InChI is InChI=1S/C14H22O3/c15-10-3-1-6-12-8-5-9-13(14(12)17)7-2-4-11-16/h5,8-9,15-17H,1-4,6-7,10-11H2. The van der Waals surface area contributed by atoms with Crippen molar-refractivity contribution in [3.8, 4) is 5.75 Å². The van der Waals surface area contributed by atoms with Crippen LogP contribution in [0.25, 0.3) is 0 Å². The van der Waals surface area contributed by atoms with Crippen molar-refractivity contribution in [1.29, 1.82) is 0 Å². The van der Waals surface area contributed by atoms with E-state index >= 15 is 0 Å². The van der Waals surface area contributed by atoms with Gasteiger partial charge >= 0.3 is 0 Å². The first kappa shape index (κ1) is 14.0. The van der Waals surface area contributed by atoms with Gasteiger partial charge in [0.15, 0.2) is 0 Å². The molecule has 0 saturated heterocycles. The van der Waals surface area contributed by atoms with Crippen molar-refractivity contribution in [3.63, 3.8) is 0 Å². The Kier molecular flexibility index (Phi) is 6.67. The smallest absolute Gasteiger partial charge is 0.121 e. The Labute approximate surface area is 103 Å². The Morgan fingerprint density at radius 2 is 1.24 bits per heavy atom. The van der Waals surface area contributed by atoms with Gasteiger partial charge in [-0.2, -0.15) is 0 Å². The molecule has 0 unspecified atom stereocenters. The normalized spacial score (nSPS) is 10.7. The Bertz CT molecular complexity index is 295. The van der Waals surface area contributed by atoms with Crippen LogP contribution in [-0.4, -0.2) is 28.5 Å². The van der Waals surface area contributed by atoms with Gasteiger partial charge in [-0.1, -0.05) is 18.2 Å². The number of rotatable bonds is 8. The van der Waals surface area contributed by atoms with Crippen molar-refractivity contribution in [3.05, 3.63) is 29.3 Å². The Balaban J connectivity index is 2.56. The number of aryl methyl sites for hydroxylation is 2. The molecule has 0 aliphatic heterocycles. The lowest BCUT2D eigenvalue weighted by molar-refractivity contribution is 0.284. The average Bonchev–Trinajstić information content (AvgIpc) is 2.34. The fraction of sp³-hybridized carbons (Fsp3) is 0.571. The van der Waals surface area contributed by atoms with Crippen LogP contribution in [0.2, 0.25) is 0 Å². The zero-order valence-electron chi connectivity index (χ0n) is 10.2. The number of benzene rings is 1. The van der Waals surface area contributed by atoms with Crippen molar-refractivity contribution in [2.75, 3.05) is 13.2 Å². The first-order chi connectivity index (χ1) is 8.29. The highest BCUT2D eigenvalue weighted by Gasteiger charge is 2.06. The third kappa shape index (κ3) is 4.75. The van der Waals surface area contributed by atoms with E-state index in [0.29, 0.717) is 5.75 Å². The summed E-state index contributed by atoms with van der Waals surface area (Å²) in [6, 6.07) is 5.83. The fourth-order valence-electron chi connectivity index (χ4n) is 1.90. The monoisotopic (exact) mass is 238 g/mol. The van der Waals surface area contributed by atoms with E-state index in [2.05, 4.69) is 0 Å². The number of aliphatic hydroxyl groups is 2. The number of hydrogen-bond acceptors (Lipinski definition) is 3. The predicted molar refractivity (Wildman–Crippen MR) is 68.2 cm³/mol. The summed E-state index contributed by atoms with van der Waals surface area (Å²) in [5.41, 5.74) is 1.92. The third-order valence-electron chi connectivity index (χ3n) is 2.91. The van der Waals surface area contributed by atoms with Gasteiger partial charge in [-0.05, 0) is 49.7 Å². The molecule has 0 saturated carbocycles. The second kappa shape index (κ2) is 8.09. The number of unbranched alkanes of at least 4 members (excludes halogenated alkanes) is 2. The van der Waals surface area contributed by atoms with Gasteiger partial charge < -0.3 is 15.3 Å². The molecule has 0 radical (unpaired) electrons. The molecular weight excluding hydrogens is 216 g/mol. The molecule has 17 heavy (non-hydrogen) atoms. The minimum absolute atomic E-state index is 0.205. The van der Waals surface area contributed by atoms with E-state index in [1.807, 2.05) is 18.2 Å². The van der Waals surface area contributed by atoms with Gasteiger partial charge in [-0.25, -0.2) is 0 Å². The molecule has 0 aliphatic rings. The number of aromatic hydroxyl groups is 1. The summed E-state index contributed by atoms with van der Waals surface area (Å²) in [7, 11) is 0.